The second-order valence-corrected chi connectivity index (χ2v) is 28.1. The van der Waals surface area contributed by atoms with Crippen LogP contribution in [0.2, 0.25) is 0 Å². The molecule has 12 rings (SSSR count). The van der Waals surface area contributed by atoms with Crippen molar-refractivity contribution in [2.75, 3.05) is 0 Å². The minimum absolute atomic E-state index is 0.411. The van der Waals surface area contributed by atoms with Crippen LogP contribution in [-0.4, -0.2) is 0 Å². The molecule has 6 aromatic carbocycles. The molecule has 6 nitrogen and oxygen atoms in total. The van der Waals surface area contributed by atoms with Gasteiger partial charge in [-0.25, -0.2) is 0 Å². The molecule has 528 valence electrons. The molecule has 6 aromatic heterocycles. The first kappa shape index (κ1) is 66.8. The summed E-state index contributed by atoms with van der Waals surface area (Å²) >= 11 is 0. The molecule has 0 unspecified atom stereocenters. The average Bonchev–Trinajstić information content (AvgIpc) is 0.780. The SMILES string of the molecule is Cc1cccc(C)c1-c1ccc(C)c(C)[n+]1C.Cc1ccccc1-c1c(C)cc(C)c(C)[n+]1C.Cc1ccccc1-c1cc(C)c(C)c(C)[n+]1C.[2H]C([2H])([2H])c1cc(C)c(-c2ccccc2C)[n+](C)c1C.[2H]C([2H])([2H])c1ccc(-c2c(C)cccc2C)[n+](C)c1C.[2H]C([2H])([2H])c1ccc(-c2cc(C)ccc2C)[n+](C)c1C. The normalized spacial score (nSPS) is 12.3. The van der Waals surface area contributed by atoms with E-state index in [1.165, 1.54) is 134 Å². The highest BCUT2D eigenvalue weighted by Gasteiger charge is 2.24. The number of aromatic nitrogens is 6. The number of rotatable bonds is 6. The summed E-state index contributed by atoms with van der Waals surface area (Å²) in [6.45, 7) is 37.8. The van der Waals surface area contributed by atoms with Crippen molar-refractivity contribution in [2.24, 2.45) is 42.3 Å². The van der Waals surface area contributed by atoms with Crippen molar-refractivity contribution in [1.82, 2.24) is 0 Å². The van der Waals surface area contributed by atoms with Crippen molar-refractivity contribution in [2.45, 2.75) is 166 Å². The van der Waals surface area contributed by atoms with Crippen molar-refractivity contribution < 1.29 is 39.7 Å². The van der Waals surface area contributed by atoms with E-state index < -0.39 is 20.6 Å². The zero-order valence-electron chi connectivity index (χ0n) is 75.5. The summed E-state index contributed by atoms with van der Waals surface area (Å²) in [7, 11) is 12.2. The number of benzene rings is 6. The Labute approximate surface area is 628 Å². The predicted molar refractivity (Wildman–Crippen MR) is 432 cm³/mol. The number of aryl methyl sites for hydroxylation is 17. The summed E-state index contributed by atoms with van der Waals surface area (Å²) in [6, 6.07) is 62.3. The molecular weight excluding hydrogens is 1240 g/mol. The van der Waals surface area contributed by atoms with Gasteiger partial charge in [0.2, 0.25) is 34.2 Å². The number of pyridine rings is 6. The largest absolute Gasteiger partial charge is 0.215 e. The van der Waals surface area contributed by atoms with E-state index in [0.717, 1.165) is 50.9 Å². The molecule has 0 aliphatic rings. The van der Waals surface area contributed by atoms with Gasteiger partial charge in [0.1, 0.15) is 42.3 Å². The molecule has 0 aliphatic carbocycles. The van der Waals surface area contributed by atoms with E-state index in [4.69, 9.17) is 12.3 Å². The van der Waals surface area contributed by atoms with Crippen molar-refractivity contribution in [3.05, 3.63) is 316 Å². The van der Waals surface area contributed by atoms with Gasteiger partial charge < -0.3 is 0 Å². The summed E-state index contributed by atoms with van der Waals surface area (Å²) < 4.78 is 81.2. The fraction of sp³-hybridized carbons (Fsp3) is 0.312. The van der Waals surface area contributed by atoms with Gasteiger partial charge in [0.25, 0.3) is 0 Å². The van der Waals surface area contributed by atoms with E-state index in [0.29, 0.717) is 16.7 Å². The minimum atomic E-state index is -2.07. The molecule has 0 N–H and O–H groups in total. The Kier molecular flexibility index (Phi) is 22.7. The highest BCUT2D eigenvalue weighted by atomic mass is 15.0. The van der Waals surface area contributed by atoms with Gasteiger partial charge in [-0.15, -0.1) is 0 Å². The Bertz CT molecular complexity index is 5360. The van der Waals surface area contributed by atoms with E-state index in [1.807, 2.05) is 92.9 Å². The molecule has 0 saturated heterocycles. The average molecular weight is 1370 g/mol. The lowest BCUT2D eigenvalue weighted by atomic mass is 9.98. The number of nitrogens with zero attached hydrogens (tertiary/aromatic N) is 6. The Morgan fingerprint density at radius 1 is 0.206 bits per heavy atom. The van der Waals surface area contributed by atoms with Crippen LogP contribution in [0, 0.1) is 166 Å². The standard InChI is InChI=1S/6C16H20N/c1-11-6-7-13(3)15(10-11)16-9-8-12(2)14(4)17(16)5;2*1-11-9-10-15(17(5)14(11)4)16-12(2)7-6-8-13(16)3;1-11-8-6-7-9-15(11)16-10-12(2)13(3)14(4)17(16)5;2*1-11-8-6-7-9-15(11)16-13(3)10-12(2)14(4)17(16)5/h6*6-10H,1-5H3/q6*+1/i2D3;1D3;;;2D3;. The highest BCUT2D eigenvalue weighted by molar-refractivity contribution is 5.69. The minimum Gasteiger partial charge on any atom is -0.198 e. The Balaban J connectivity index is 0.000000185. The maximum Gasteiger partial charge on any atom is 0.215 e. The molecule has 0 aliphatic heterocycles. The Morgan fingerprint density at radius 2 is 0.529 bits per heavy atom. The zero-order valence-corrected chi connectivity index (χ0v) is 66.5. The second kappa shape index (κ2) is 34.7. The van der Waals surface area contributed by atoms with Crippen molar-refractivity contribution in [3.8, 4) is 67.5 Å². The Hall–Kier alpha value is -9.78. The van der Waals surface area contributed by atoms with Crippen LogP contribution in [0.25, 0.3) is 67.5 Å². The highest BCUT2D eigenvalue weighted by Crippen LogP contribution is 2.30. The van der Waals surface area contributed by atoms with E-state index >= 15 is 0 Å². The van der Waals surface area contributed by atoms with Gasteiger partial charge in [0.15, 0.2) is 34.2 Å². The van der Waals surface area contributed by atoms with Gasteiger partial charge in [-0.05, 0) is 229 Å². The molecule has 12 aromatic rings. The molecule has 0 atom stereocenters. The zero-order chi connectivity index (χ0) is 83.0. The quantitative estimate of drug-likeness (QED) is 0.148. The molecule has 0 fully saturated rings. The van der Waals surface area contributed by atoms with Gasteiger partial charge in [0, 0.05) is 145 Å². The first-order chi connectivity index (χ1) is 51.7. The van der Waals surface area contributed by atoms with Crippen molar-refractivity contribution >= 4 is 0 Å². The third-order valence-electron chi connectivity index (χ3n) is 21.1. The van der Waals surface area contributed by atoms with Crippen molar-refractivity contribution in [3.63, 3.8) is 0 Å². The van der Waals surface area contributed by atoms with E-state index in [1.54, 1.807) is 18.2 Å². The Morgan fingerprint density at radius 3 is 0.961 bits per heavy atom. The van der Waals surface area contributed by atoms with Gasteiger partial charge >= 0.3 is 0 Å². The summed E-state index contributed by atoms with van der Waals surface area (Å²) in [5.74, 6) is 0. The molecule has 6 heterocycles. The van der Waals surface area contributed by atoms with Crippen molar-refractivity contribution in [1.29, 1.82) is 0 Å². The van der Waals surface area contributed by atoms with Crippen LogP contribution in [0.15, 0.2) is 182 Å². The van der Waals surface area contributed by atoms with Crippen LogP contribution in [0.4, 0.5) is 0 Å². The summed E-state index contributed by atoms with van der Waals surface area (Å²) in [5, 5.41) is 0. The summed E-state index contributed by atoms with van der Waals surface area (Å²) in [4.78, 5) is 0. The van der Waals surface area contributed by atoms with Crippen LogP contribution in [0.5, 0.6) is 0 Å². The fourth-order valence-corrected chi connectivity index (χ4v) is 13.5. The predicted octanol–water partition coefficient (Wildman–Crippen LogP) is 20.5. The van der Waals surface area contributed by atoms with Crippen LogP contribution in [-0.2, 0) is 42.3 Å². The van der Waals surface area contributed by atoms with Crippen LogP contribution in [0.1, 0.15) is 147 Å². The molecule has 0 saturated carbocycles. The monoisotopic (exact) mass is 1370 g/mol. The first-order valence-electron chi connectivity index (χ1n) is 40.0. The third kappa shape index (κ3) is 18.1. The molecule has 0 bridgehead atoms. The fourth-order valence-electron chi connectivity index (χ4n) is 13.5. The molecule has 102 heavy (non-hydrogen) atoms. The summed E-state index contributed by atoms with van der Waals surface area (Å²) in [6.07, 6.45) is 0. The smallest absolute Gasteiger partial charge is 0.198 e. The van der Waals surface area contributed by atoms with E-state index in [2.05, 4.69) is 286 Å². The van der Waals surface area contributed by atoms with Gasteiger partial charge in [-0.3, -0.25) is 0 Å². The summed E-state index contributed by atoms with van der Waals surface area (Å²) in [5.41, 5.74) is 41.2. The van der Waals surface area contributed by atoms with Gasteiger partial charge in [-0.2, -0.15) is 27.4 Å². The molecular formula is C96H120N6+6. The molecule has 0 amide bonds. The van der Waals surface area contributed by atoms with Crippen LogP contribution < -0.4 is 27.4 Å². The lowest BCUT2D eigenvalue weighted by Crippen LogP contribution is -2.36. The number of hydrogen-bond donors (Lipinski definition) is 0. The van der Waals surface area contributed by atoms with E-state index in [9.17, 15) is 0 Å². The topological polar surface area (TPSA) is 23.3 Å². The third-order valence-corrected chi connectivity index (χ3v) is 21.1. The molecule has 0 radical (unpaired) electrons. The lowest BCUT2D eigenvalue weighted by molar-refractivity contribution is -0.667. The maximum absolute atomic E-state index is 7.64. The maximum atomic E-state index is 7.64. The first-order valence-corrected chi connectivity index (χ1v) is 35.5. The number of hydrogen-bond acceptors (Lipinski definition) is 0. The van der Waals surface area contributed by atoms with Gasteiger partial charge in [-0.1, -0.05) is 109 Å². The van der Waals surface area contributed by atoms with Gasteiger partial charge in [0.05, 0.1) is 11.1 Å². The van der Waals surface area contributed by atoms with E-state index in [-0.39, 0.29) is 0 Å². The lowest BCUT2D eigenvalue weighted by Gasteiger charge is -2.10. The van der Waals surface area contributed by atoms with Crippen LogP contribution >= 0.6 is 0 Å². The second-order valence-electron chi connectivity index (χ2n) is 28.1. The molecule has 0 spiro atoms. The van der Waals surface area contributed by atoms with Crippen LogP contribution in [0.3, 0.4) is 0 Å². The molecule has 6 heteroatoms.